The largest absolute Gasteiger partial charge is 0.393 e. The van der Waals surface area contributed by atoms with E-state index in [1.807, 2.05) is 49.5 Å². The Morgan fingerprint density at radius 2 is 1.96 bits per heavy atom. The number of amides is 2. The summed E-state index contributed by atoms with van der Waals surface area (Å²) in [6.45, 7) is 4.86. The van der Waals surface area contributed by atoms with Crippen molar-refractivity contribution in [2.45, 2.75) is 38.7 Å². The maximum atomic E-state index is 12.0. The third kappa shape index (κ3) is 6.55. The smallest absolute Gasteiger partial charge is 0.314 e. The Labute approximate surface area is 149 Å². The standard InChI is InChI=1S/C20H27N3O2/c1-15-13-21-10-8-17(15)9-11-22-20(25)23-14-19(12-16(2)24)18-6-4-3-5-7-18/h3-8,10,13,16,19,24H,9,11-12,14H2,1-2H3,(H2,22,23,25). The minimum Gasteiger partial charge on any atom is -0.393 e. The van der Waals surface area contributed by atoms with Crippen molar-refractivity contribution in [2.24, 2.45) is 0 Å². The molecule has 0 bridgehead atoms. The van der Waals surface area contributed by atoms with E-state index in [1.54, 1.807) is 13.1 Å². The van der Waals surface area contributed by atoms with Crippen molar-refractivity contribution < 1.29 is 9.90 Å². The number of benzene rings is 1. The van der Waals surface area contributed by atoms with Crippen LogP contribution in [0.5, 0.6) is 0 Å². The van der Waals surface area contributed by atoms with Gasteiger partial charge in [0.1, 0.15) is 0 Å². The number of pyridine rings is 1. The molecule has 0 aliphatic rings. The lowest BCUT2D eigenvalue weighted by Crippen LogP contribution is -2.39. The third-order valence-electron chi connectivity index (χ3n) is 4.22. The van der Waals surface area contributed by atoms with Crippen molar-refractivity contribution >= 4 is 6.03 Å². The highest BCUT2D eigenvalue weighted by molar-refractivity contribution is 5.73. The second-order valence-corrected chi connectivity index (χ2v) is 6.38. The zero-order valence-corrected chi connectivity index (χ0v) is 14.9. The van der Waals surface area contributed by atoms with Crippen LogP contribution in [-0.2, 0) is 6.42 Å². The van der Waals surface area contributed by atoms with Gasteiger partial charge in [0.25, 0.3) is 0 Å². The highest BCUT2D eigenvalue weighted by atomic mass is 16.3. The lowest BCUT2D eigenvalue weighted by Gasteiger charge is -2.20. The summed E-state index contributed by atoms with van der Waals surface area (Å²) < 4.78 is 0. The fraction of sp³-hybridized carbons (Fsp3) is 0.400. The Kier molecular flexibility index (Phi) is 7.41. The predicted octanol–water partition coefficient (Wildman–Crippen LogP) is 2.79. The highest BCUT2D eigenvalue weighted by Crippen LogP contribution is 2.20. The number of carbonyl (C=O) groups is 1. The molecule has 0 saturated carbocycles. The second kappa shape index (κ2) is 9.79. The summed E-state index contributed by atoms with van der Waals surface area (Å²) in [5.74, 6) is 0.0920. The van der Waals surface area contributed by atoms with E-state index >= 15 is 0 Å². The van der Waals surface area contributed by atoms with Crippen molar-refractivity contribution in [3.63, 3.8) is 0 Å². The van der Waals surface area contributed by atoms with Gasteiger partial charge in [0, 0.05) is 31.4 Å². The van der Waals surface area contributed by atoms with Crippen LogP contribution in [0.3, 0.4) is 0 Å². The van der Waals surface area contributed by atoms with Gasteiger partial charge in [-0.05, 0) is 49.4 Å². The maximum Gasteiger partial charge on any atom is 0.314 e. The van der Waals surface area contributed by atoms with Crippen LogP contribution >= 0.6 is 0 Å². The molecule has 25 heavy (non-hydrogen) atoms. The van der Waals surface area contributed by atoms with Gasteiger partial charge in [-0.15, -0.1) is 0 Å². The van der Waals surface area contributed by atoms with Crippen LogP contribution in [-0.4, -0.2) is 35.3 Å². The molecule has 2 rings (SSSR count). The number of aryl methyl sites for hydroxylation is 1. The number of nitrogens with one attached hydrogen (secondary N) is 2. The maximum absolute atomic E-state index is 12.0. The SMILES string of the molecule is Cc1cnccc1CCNC(=O)NCC(CC(C)O)c1ccccc1. The molecule has 1 heterocycles. The van der Waals surface area contributed by atoms with Crippen LogP contribution in [0, 0.1) is 6.92 Å². The number of aliphatic hydroxyl groups excluding tert-OH is 1. The minimum atomic E-state index is -0.412. The van der Waals surface area contributed by atoms with Gasteiger partial charge in [0.2, 0.25) is 0 Å². The number of hydrogen-bond donors (Lipinski definition) is 3. The van der Waals surface area contributed by atoms with Gasteiger partial charge in [-0.3, -0.25) is 4.98 Å². The van der Waals surface area contributed by atoms with Crippen molar-refractivity contribution in [3.05, 3.63) is 65.5 Å². The summed E-state index contributed by atoms with van der Waals surface area (Å²) >= 11 is 0. The molecule has 1 aromatic carbocycles. The molecule has 2 aromatic rings. The monoisotopic (exact) mass is 341 g/mol. The molecule has 2 unspecified atom stereocenters. The molecular formula is C20H27N3O2. The van der Waals surface area contributed by atoms with Gasteiger partial charge in [0.05, 0.1) is 6.10 Å². The van der Waals surface area contributed by atoms with Crippen LogP contribution in [0.4, 0.5) is 4.79 Å². The number of nitrogens with zero attached hydrogens (tertiary/aromatic N) is 1. The van der Waals surface area contributed by atoms with Crippen molar-refractivity contribution in [1.82, 2.24) is 15.6 Å². The van der Waals surface area contributed by atoms with E-state index < -0.39 is 6.10 Å². The van der Waals surface area contributed by atoms with Crippen molar-refractivity contribution in [3.8, 4) is 0 Å². The molecular weight excluding hydrogens is 314 g/mol. The molecule has 3 N–H and O–H groups in total. The molecule has 5 heteroatoms. The number of aliphatic hydroxyl groups is 1. The van der Waals surface area contributed by atoms with Gasteiger partial charge in [-0.2, -0.15) is 0 Å². The zero-order valence-electron chi connectivity index (χ0n) is 14.9. The first-order valence-electron chi connectivity index (χ1n) is 8.70. The van der Waals surface area contributed by atoms with Crippen LogP contribution in [0.15, 0.2) is 48.8 Å². The summed E-state index contributed by atoms with van der Waals surface area (Å²) in [6.07, 6.45) is 4.57. The first kappa shape index (κ1) is 18.9. The molecule has 134 valence electrons. The van der Waals surface area contributed by atoms with Crippen molar-refractivity contribution in [1.29, 1.82) is 0 Å². The topological polar surface area (TPSA) is 74.2 Å². The summed E-state index contributed by atoms with van der Waals surface area (Å²) in [5.41, 5.74) is 3.44. The number of aromatic nitrogens is 1. The first-order chi connectivity index (χ1) is 12.1. The normalized spacial score (nSPS) is 13.1. The lowest BCUT2D eigenvalue weighted by molar-refractivity contribution is 0.173. The van der Waals surface area contributed by atoms with E-state index in [4.69, 9.17) is 0 Å². The van der Waals surface area contributed by atoms with Gasteiger partial charge < -0.3 is 15.7 Å². The molecule has 0 spiro atoms. The molecule has 0 radical (unpaired) electrons. The van der Waals surface area contributed by atoms with E-state index in [9.17, 15) is 9.90 Å². The molecule has 0 saturated heterocycles. The van der Waals surface area contributed by atoms with Crippen LogP contribution in [0.2, 0.25) is 0 Å². The minimum absolute atomic E-state index is 0.0920. The highest BCUT2D eigenvalue weighted by Gasteiger charge is 2.15. The summed E-state index contributed by atoms with van der Waals surface area (Å²) in [4.78, 5) is 16.1. The number of hydrogen-bond acceptors (Lipinski definition) is 3. The fourth-order valence-corrected chi connectivity index (χ4v) is 2.85. The van der Waals surface area contributed by atoms with E-state index in [0.717, 1.165) is 17.5 Å². The van der Waals surface area contributed by atoms with E-state index in [1.165, 1.54) is 5.56 Å². The van der Waals surface area contributed by atoms with Crippen LogP contribution in [0.25, 0.3) is 0 Å². The van der Waals surface area contributed by atoms with Gasteiger partial charge in [0.15, 0.2) is 0 Å². The molecule has 2 amide bonds. The Morgan fingerprint density at radius 1 is 1.20 bits per heavy atom. The number of urea groups is 1. The number of carbonyl (C=O) groups excluding carboxylic acids is 1. The van der Waals surface area contributed by atoms with Gasteiger partial charge in [-0.25, -0.2) is 4.79 Å². The van der Waals surface area contributed by atoms with Crippen LogP contribution < -0.4 is 10.6 Å². The van der Waals surface area contributed by atoms with E-state index in [0.29, 0.717) is 19.5 Å². The molecule has 1 aromatic heterocycles. The summed E-state index contributed by atoms with van der Waals surface area (Å²) in [5, 5.41) is 15.5. The second-order valence-electron chi connectivity index (χ2n) is 6.38. The molecule has 0 fully saturated rings. The average Bonchev–Trinajstić information content (AvgIpc) is 2.61. The Hall–Kier alpha value is -2.40. The quantitative estimate of drug-likeness (QED) is 0.691. The Balaban J connectivity index is 1.79. The summed E-state index contributed by atoms with van der Waals surface area (Å²) in [6, 6.07) is 11.8. The predicted molar refractivity (Wildman–Crippen MR) is 99.6 cm³/mol. The third-order valence-corrected chi connectivity index (χ3v) is 4.22. The number of rotatable bonds is 8. The zero-order chi connectivity index (χ0) is 18.1. The van der Waals surface area contributed by atoms with Crippen molar-refractivity contribution in [2.75, 3.05) is 13.1 Å². The van der Waals surface area contributed by atoms with E-state index in [-0.39, 0.29) is 11.9 Å². The van der Waals surface area contributed by atoms with Crippen LogP contribution in [0.1, 0.15) is 36.0 Å². The van der Waals surface area contributed by atoms with Gasteiger partial charge in [-0.1, -0.05) is 30.3 Å². The molecule has 0 aliphatic carbocycles. The fourth-order valence-electron chi connectivity index (χ4n) is 2.85. The molecule has 5 nitrogen and oxygen atoms in total. The van der Waals surface area contributed by atoms with E-state index in [2.05, 4.69) is 15.6 Å². The molecule has 0 aliphatic heterocycles. The summed E-state index contributed by atoms with van der Waals surface area (Å²) in [7, 11) is 0. The Bertz CT molecular complexity index is 659. The first-order valence-corrected chi connectivity index (χ1v) is 8.70. The average molecular weight is 341 g/mol. The Morgan fingerprint density at radius 3 is 2.64 bits per heavy atom. The van der Waals surface area contributed by atoms with Gasteiger partial charge >= 0.3 is 6.03 Å². The molecule has 2 atom stereocenters. The lowest BCUT2D eigenvalue weighted by atomic mass is 9.93.